The molecule has 0 aliphatic heterocycles. The van der Waals surface area contributed by atoms with Gasteiger partial charge in [-0.3, -0.25) is 4.79 Å². The molecule has 0 atom stereocenters. The molecule has 1 amide bonds. The van der Waals surface area contributed by atoms with Gasteiger partial charge in [-0.05, 0) is 62.2 Å². The van der Waals surface area contributed by atoms with Gasteiger partial charge < -0.3 is 14.6 Å². The van der Waals surface area contributed by atoms with Gasteiger partial charge in [0, 0.05) is 5.69 Å². The Kier molecular flexibility index (Phi) is 6.07. The molecule has 158 valence electrons. The zero-order valence-electron chi connectivity index (χ0n) is 16.4. The number of aromatic nitrogens is 1. The van der Waals surface area contributed by atoms with Crippen molar-refractivity contribution >= 4 is 23.2 Å². The first kappa shape index (κ1) is 21.7. The molecule has 3 rings (SSSR count). The highest BCUT2D eigenvalue weighted by Crippen LogP contribution is 2.36. The molecule has 0 unspecified atom stereocenters. The normalized spacial score (nSPS) is 11.4. The first-order valence-electron chi connectivity index (χ1n) is 8.89. The molecule has 1 aromatic heterocycles. The van der Waals surface area contributed by atoms with Crippen molar-refractivity contribution in [3.63, 3.8) is 0 Å². The van der Waals surface area contributed by atoms with E-state index in [1.54, 1.807) is 13.0 Å². The molecule has 9 heteroatoms. The number of alkyl halides is 3. The van der Waals surface area contributed by atoms with Gasteiger partial charge in [0.2, 0.25) is 0 Å². The van der Waals surface area contributed by atoms with Crippen LogP contribution in [0.1, 0.15) is 38.5 Å². The second-order valence-electron chi connectivity index (χ2n) is 6.75. The summed E-state index contributed by atoms with van der Waals surface area (Å²) in [5, 5.41) is 5.66. The average molecular weight is 439 g/mol. The Balaban J connectivity index is 1.78. The third-order valence-electron chi connectivity index (χ3n) is 4.59. The van der Waals surface area contributed by atoms with Crippen LogP contribution in [-0.2, 0) is 12.8 Å². The van der Waals surface area contributed by atoms with Crippen LogP contribution in [0.15, 0.2) is 40.9 Å². The van der Waals surface area contributed by atoms with Crippen molar-refractivity contribution in [3.05, 3.63) is 75.1 Å². The lowest BCUT2D eigenvalue weighted by atomic mass is 10.1. The minimum Gasteiger partial charge on any atom is -0.489 e. The van der Waals surface area contributed by atoms with E-state index in [-0.39, 0.29) is 18.0 Å². The summed E-state index contributed by atoms with van der Waals surface area (Å²) in [6.07, 6.45) is -4.65. The predicted molar refractivity (Wildman–Crippen MR) is 106 cm³/mol. The van der Waals surface area contributed by atoms with Gasteiger partial charge in [0.1, 0.15) is 18.1 Å². The van der Waals surface area contributed by atoms with Crippen molar-refractivity contribution in [2.75, 3.05) is 5.32 Å². The van der Waals surface area contributed by atoms with Crippen LogP contribution >= 0.6 is 11.6 Å². The fourth-order valence-electron chi connectivity index (χ4n) is 2.71. The number of hydrogen-bond acceptors (Lipinski definition) is 4. The molecule has 0 radical (unpaired) electrons. The SMILES string of the molecule is Cc1ccc(OCc2c(C(=O)Nc3ccc(Cl)c(C(F)(F)F)c3)noc2C)cc1C. The molecule has 5 nitrogen and oxygen atoms in total. The number of carbonyl (C=O) groups excluding carboxylic acids is 1. The molecule has 0 saturated carbocycles. The summed E-state index contributed by atoms with van der Waals surface area (Å²) in [6, 6.07) is 8.68. The Bertz CT molecular complexity index is 1090. The van der Waals surface area contributed by atoms with E-state index in [4.69, 9.17) is 20.9 Å². The van der Waals surface area contributed by atoms with E-state index < -0.39 is 22.7 Å². The van der Waals surface area contributed by atoms with Crippen LogP contribution in [0.25, 0.3) is 0 Å². The molecule has 3 aromatic rings. The smallest absolute Gasteiger partial charge is 0.417 e. The maximum atomic E-state index is 13.0. The number of hydrogen-bond donors (Lipinski definition) is 1. The lowest BCUT2D eigenvalue weighted by molar-refractivity contribution is -0.137. The first-order valence-corrected chi connectivity index (χ1v) is 9.27. The van der Waals surface area contributed by atoms with Crippen molar-refractivity contribution in [2.45, 2.75) is 33.6 Å². The summed E-state index contributed by atoms with van der Waals surface area (Å²) in [7, 11) is 0. The highest BCUT2D eigenvalue weighted by Gasteiger charge is 2.33. The maximum Gasteiger partial charge on any atom is 0.417 e. The van der Waals surface area contributed by atoms with E-state index in [0.29, 0.717) is 17.1 Å². The van der Waals surface area contributed by atoms with E-state index >= 15 is 0 Å². The van der Waals surface area contributed by atoms with Crippen molar-refractivity contribution in [2.24, 2.45) is 0 Å². The summed E-state index contributed by atoms with van der Waals surface area (Å²) in [6.45, 7) is 5.56. The van der Waals surface area contributed by atoms with Crippen LogP contribution in [-0.4, -0.2) is 11.1 Å². The Morgan fingerprint density at radius 1 is 1.13 bits per heavy atom. The lowest BCUT2D eigenvalue weighted by Crippen LogP contribution is -2.16. The van der Waals surface area contributed by atoms with Gasteiger partial charge in [-0.1, -0.05) is 22.8 Å². The maximum absolute atomic E-state index is 13.0. The van der Waals surface area contributed by atoms with E-state index in [0.717, 1.165) is 23.3 Å². The van der Waals surface area contributed by atoms with Crippen LogP contribution < -0.4 is 10.1 Å². The van der Waals surface area contributed by atoms with Crippen molar-refractivity contribution in [3.8, 4) is 5.75 Å². The monoisotopic (exact) mass is 438 g/mol. The van der Waals surface area contributed by atoms with Crippen LogP contribution in [0.5, 0.6) is 5.75 Å². The Morgan fingerprint density at radius 2 is 1.87 bits per heavy atom. The summed E-state index contributed by atoms with van der Waals surface area (Å²) >= 11 is 5.61. The zero-order valence-corrected chi connectivity index (χ0v) is 17.1. The number of amides is 1. The number of aryl methyl sites for hydroxylation is 3. The number of nitrogens with zero attached hydrogens (tertiary/aromatic N) is 1. The molecule has 0 aliphatic carbocycles. The summed E-state index contributed by atoms with van der Waals surface area (Å²) in [5.74, 6) is 0.259. The van der Waals surface area contributed by atoms with Crippen molar-refractivity contribution in [1.29, 1.82) is 0 Å². The van der Waals surface area contributed by atoms with Crippen LogP contribution in [0.2, 0.25) is 5.02 Å². The van der Waals surface area contributed by atoms with E-state index in [2.05, 4.69) is 10.5 Å². The number of carbonyl (C=O) groups is 1. The largest absolute Gasteiger partial charge is 0.489 e. The van der Waals surface area contributed by atoms with E-state index in [1.807, 2.05) is 26.0 Å². The van der Waals surface area contributed by atoms with E-state index in [9.17, 15) is 18.0 Å². The Hall–Kier alpha value is -3.00. The molecular weight excluding hydrogens is 421 g/mol. The Morgan fingerprint density at radius 3 is 2.53 bits per heavy atom. The molecule has 2 aromatic carbocycles. The predicted octanol–water partition coefficient (Wildman–Crippen LogP) is 6.10. The third kappa shape index (κ3) is 4.76. The van der Waals surface area contributed by atoms with Gasteiger partial charge in [0.25, 0.3) is 5.91 Å². The van der Waals surface area contributed by atoms with Crippen LogP contribution in [0.3, 0.4) is 0 Å². The molecule has 0 fully saturated rings. The molecule has 1 N–H and O–H groups in total. The fourth-order valence-corrected chi connectivity index (χ4v) is 2.93. The molecule has 1 heterocycles. The van der Waals surface area contributed by atoms with Gasteiger partial charge in [0.05, 0.1) is 16.1 Å². The van der Waals surface area contributed by atoms with Crippen molar-refractivity contribution < 1.29 is 27.2 Å². The quantitative estimate of drug-likeness (QED) is 0.522. The second-order valence-corrected chi connectivity index (χ2v) is 7.15. The molecule has 0 spiro atoms. The topological polar surface area (TPSA) is 64.4 Å². The standard InChI is InChI=1S/C21H18ClF3N2O3/c1-11-4-6-15(8-12(11)2)29-10-16-13(3)30-27-19(16)20(28)26-14-5-7-18(22)17(9-14)21(23,24)25/h4-9H,10H2,1-3H3,(H,26,28). The molecule has 0 bridgehead atoms. The summed E-state index contributed by atoms with van der Waals surface area (Å²) in [4.78, 5) is 12.6. The number of ether oxygens (including phenoxy) is 1. The molecule has 0 aliphatic rings. The lowest BCUT2D eigenvalue weighted by Gasteiger charge is -2.12. The highest BCUT2D eigenvalue weighted by atomic mass is 35.5. The number of nitrogens with one attached hydrogen (secondary N) is 1. The minimum absolute atomic E-state index is 0.00894. The number of halogens is 4. The molecular formula is C21H18ClF3N2O3. The van der Waals surface area contributed by atoms with Crippen LogP contribution in [0, 0.1) is 20.8 Å². The third-order valence-corrected chi connectivity index (χ3v) is 4.92. The first-order chi connectivity index (χ1) is 14.1. The Labute approximate surface area is 175 Å². The van der Waals surface area contributed by atoms with Gasteiger partial charge in [-0.15, -0.1) is 0 Å². The number of rotatable bonds is 5. The number of anilines is 1. The van der Waals surface area contributed by atoms with Gasteiger partial charge >= 0.3 is 6.18 Å². The highest BCUT2D eigenvalue weighted by molar-refractivity contribution is 6.31. The second kappa shape index (κ2) is 8.39. The van der Waals surface area contributed by atoms with Crippen LogP contribution in [0.4, 0.5) is 18.9 Å². The molecule has 0 saturated heterocycles. The van der Waals surface area contributed by atoms with Gasteiger partial charge in [0.15, 0.2) is 5.69 Å². The fraction of sp³-hybridized carbons (Fsp3) is 0.238. The van der Waals surface area contributed by atoms with Gasteiger partial charge in [-0.25, -0.2) is 0 Å². The van der Waals surface area contributed by atoms with E-state index in [1.165, 1.54) is 6.07 Å². The average Bonchev–Trinajstić information content (AvgIpc) is 3.04. The number of benzene rings is 2. The summed E-state index contributed by atoms with van der Waals surface area (Å²) in [5.41, 5.74) is 1.38. The minimum atomic E-state index is -4.65. The van der Waals surface area contributed by atoms with Gasteiger partial charge in [-0.2, -0.15) is 13.2 Å². The summed E-state index contributed by atoms with van der Waals surface area (Å²) < 4.78 is 49.9. The van der Waals surface area contributed by atoms with Crippen molar-refractivity contribution in [1.82, 2.24) is 5.16 Å². The zero-order chi connectivity index (χ0) is 22.1. The molecule has 30 heavy (non-hydrogen) atoms.